The van der Waals surface area contributed by atoms with Crippen molar-refractivity contribution in [2.75, 3.05) is 5.32 Å². The first kappa shape index (κ1) is 73.1. The number of aromatic nitrogens is 3. The second-order valence-electron chi connectivity index (χ2n) is 27.6. The standard InChI is InChI=1S/C13H9N.C13H12O.C13H12S.C12H8N2.C12H9NO.C12H10O2.C12H10OS.C12H10S2/c3*1-3-7-12-10(5-1)9-11-6-2-4-8-13(11)14-12;1-2-6-10-9(5-1)13-11-7-3-4-8-12(11)14-10;1-3-7-11-9(5-1)13-10-6-2-4-8-12(10)14-11;1-2-6-10-9(5-1)13-11-7-3-4-8-12(11)14-10;1-3-7-11-9(5-1)13-10-6-2-4-8-12(10)14-11;1-2-6-10-9(5-1)13-11-7-3-4-8-12(11)14-10/h1-9H;2*1-8,10,12H,9H2;1-8H;1-8,13H;1-10H;1-9,11H;1-10H. The summed E-state index contributed by atoms with van der Waals surface area (Å²) >= 11 is 7.84. The molecule has 112 heavy (non-hydrogen) atoms. The summed E-state index contributed by atoms with van der Waals surface area (Å²) in [6.07, 6.45) is 45.7. The smallest absolute Gasteiger partial charge is 0.162 e. The van der Waals surface area contributed by atoms with Crippen LogP contribution in [0.4, 0.5) is 11.4 Å². The monoisotopic (exact) mass is 1530 g/mol. The van der Waals surface area contributed by atoms with E-state index in [0.29, 0.717) is 32.8 Å². The third-order valence-corrected chi connectivity index (χ3v) is 25.6. The lowest BCUT2D eigenvalue weighted by Crippen LogP contribution is -2.37. The van der Waals surface area contributed by atoms with E-state index in [1.165, 1.54) is 47.9 Å². The number of thioether (sulfide) groups is 4. The molecular formula is C99H80N4O5S4. The van der Waals surface area contributed by atoms with Crippen molar-refractivity contribution in [3.05, 3.63) is 406 Å². The first-order chi connectivity index (χ1) is 55.5. The Hall–Kier alpha value is -11.7. The molecule has 1 N–H and O–H groups in total. The van der Waals surface area contributed by atoms with Crippen LogP contribution in [0.15, 0.2) is 414 Å². The van der Waals surface area contributed by atoms with E-state index in [2.05, 4.69) is 215 Å². The van der Waals surface area contributed by atoms with Crippen molar-refractivity contribution in [3.8, 4) is 34.5 Å². The number of benzene rings is 11. The van der Waals surface area contributed by atoms with Crippen molar-refractivity contribution < 1.29 is 23.7 Å². The zero-order chi connectivity index (χ0) is 75.0. The Morgan fingerprint density at radius 2 is 0.598 bits per heavy atom. The highest BCUT2D eigenvalue weighted by atomic mass is 32.2. The molecule has 6 aliphatic heterocycles. The van der Waals surface area contributed by atoms with Crippen LogP contribution < -0.4 is 29.0 Å². The lowest BCUT2D eigenvalue weighted by molar-refractivity contribution is 0.0756. The molecule has 13 heteroatoms. The predicted octanol–water partition coefficient (Wildman–Crippen LogP) is 25.0. The fourth-order valence-corrected chi connectivity index (χ4v) is 19.4. The van der Waals surface area contributed by atoms with Crippen molar-refractivity contribution in [1.29, 1.82) is 0 Å². The number of nitrogens with one attached hydrogen (secondary N) is 1. The molecule has 0 saturated carbocycles. The Labute approximate surface area is 671 Å². The highest BCUT2D eigenvalue weighted by Crippen LogP contribution is 2.48. The van der Waals surface area contributed by atoms with Gasteiger partial charge in [0.15, 0.2) is 35.2 Å². The molecule has 10 unspecified atom stereocenters. The summed E-state index contributed by atoms with van der Waals surface area (Å²) in [5, 5.41) is 8.07. The van der Waals surface area contributed by atoms with E-state index in [0.717, 1.165) is 85.4 Å². The highest BCUT2D eigenvalue weighted by molar-refractivity contribution is 8.06. The average molecular weight is 1530 g/mol. The number of ether oxygens (including phenoxy) is 5. The molecule has 0 spiro atoms. The number of fused-ring (bicyclic) bond motifs is 16. The van der Waals surface area contributed by atoms with Crippen LogP contribution in [0.3, 0.4) is 0 Å². The summed E-state index contributed by atoms with van der Waals surface area (Å²) < 4.78 is 29.0. The molecule has 10 atom stereocenters. The second-order valence-corrected chi connectivity index (χ2v) is 32.5. The fraction of sp³-hybridized carbons (Fsp3) is 0.121. The van der Waals surface area contributed by atoms with Crippen LogP contribution >= 0.6 is 47.0 Å². The summed E-state index contributed by atoms with van der Waals surface area (Å²) in [4.78, 5) is 19.2. The molecular weight excluding hydrogens is 1450 g/mol. The molecule has 550 valence electrons. The van der Waals surface area contributed by atoms with Gasteiger partial charge in [-0.3, -0.25) is 0 Å². The maximum atomic E-state index is 5.90. The Morgan fingerprint density at radius 1 is 0.250 bits per heavy atom. The van der Waals surface area contributed by atoms with Crippen molar-refractivity contribution in [3.63, 3.8) is 0 Å². The van der Waals surface area contributed by atoms with Crippen molar-refractivity contribution >= 4 is 102 Å². The Kier molecular flexibility index (Phi) is 23.2. The number of pyridine rings is 1. The van der Waals surface area contributed by atoms with E-state index in [1.807, 2.05) is 247 Å². The predicted molar refractivity (Wildman–Crippen MR) is 467 cm³/mol. The molecule has 11 aliphatic rings. The lowest BCUT2D eigenvalue weighted by atomic mass is 9.88. The first-order valence-corrected chi connectivity index (χ1v) is 41.5. The molecule has 2 aromatic heterocycles. The zero-order valence-electron chi connectivity index (χ0n) is 61.2. The van der Waals surface area contributed by atoms with Gasteiger partial charge in [-0.25, -0.2) is 15.0 Å². The molecule has 13 aromatic rings. The van der Waals surface area contributed by atoms with Crippen LogP contribution in [-0.4, -0.2) is 60.4 Å². The number of anilines is 2. The fourth-order valence-electron chi connectivity index (χ4n) is 14.3. The van der Waals surface area contributed by atoms with Crippen LogP contribution in [0.1, 0.15) is 11.1 Å². The van der Waals surface area contributed by atoms with Gasteiger partial charge in [-0.1, -0.05) is 255 Å². The number of allylic oxidation sites excluding steroid dienone is 11. The van der Waals surface area contributed by atoms with E-state index in [4.69, 9.17) is 23.7 Å². The Morgan fingerprint density at radius 3 is 1.17 bits per heavy atom. The molecule has 0 radical (unpaired) electrons. The topological polar surface area (TPSA) is 96.9 Å². The van der Waals surface area contributed by atoms with Crippen molar-refractivity contribution in [2.45, 2.75) is 77.8 Å². The van der Waals surface area contributed by atoms with E-state index < -0.39 is 0 Å². The summed E-state index contributed by atoms with van der Waals surface area (Å²) in [6.45, 7) is 0. The molecule has 0 saturated heterocycles. The van der Waals surface area contributed by atoms with Gasteiger partial charge in [-0.2, -0.15) is 0 Å². The minimum atomic E-state index is 0.0231. The summed E-state index contributed by atoms with van der Waals surface area (Å²) in [6, 6.07) is 92.0. The van der Waals surface area contributed by atoms with Gasteiger partial charge in [-0.15, -0.1) is 47.0 Å². The molecule has 11 aromatic carbocycles. The van der Waals surface area contributed by atoms with Crippen molar-refractivity contribution in [2.24, 2.45) is 11.8 Å². The number of nitrogens with zero attached hydrogens (tertiary/aromatic N) is 3. The molecule has 0 bridgehead atoms. The molecule has 0 amide bonds. The molecule has 5 aliphatic carbocycles. The number of hydrogen-bond donors (Lipinski definition) is 1. The normalized spacial score (nSPS) is 21.6. The van der Waals surface area contributed by atoms with Crippen LogP contribution in [-0.2, 0) is 12.8 Å². The quantitative estimate of drug-likeness (QED) is 0.146. The molecule has 9 nitrogen and oxygen atoms in total. The summed E-state index contributed by atoms with van der Waals surface area (Å²) in [5.74, 6) is 6.71. The lowest BCUT2D eigenvalue weighted by Gasteiger charge is -2.31. The minimum Gasteiger partial charge on any atom is -0.485 e. The number of rotatable bonds is 0. The molecule has 8 heterocycles. The minimum absolute atomic E-state index is 0.0231. The van der Waals surface area contributed by atoms with E-state index in [1.54, 1.807) is 0 Å². The van der Waals surface area contributed by atoms with Crippen LogP contribution in [0, 0.1) is 11.8 Å². The van der Waals surface area contributed by atoms with E-state index >= 15 is 0 Å². The third-order valence-electron chi connectivity index (χ3n) is 19.9. The van der Waals surface area contributed by atoms with Gasteiger partial charge in [0.1, 0.15) is 23.7 Å². The third kappa shape index (κ3) is 17.9. The summed E-state index contributed by atoms with van der Waals surface area (Å²) in [5.41, 5.74) is 10.8. The maximum absolute atomic E-state index is 5.90. The van der Waals surface area contributed by atoms with Crippen LogP contribution in [0.25, 0.3) is 43.9 Å². The molecule has 0 fully saturated rings. The van der Waals surface area contributed by atoms with Gasteiger partial charge < -0.3 is 29.0 Å². The van der Waals surface area contributed by atoms with E-state index in [-0.39, 0.29) is 24.4 Å². The van der Waals surface area contributed by atoms with Gasteiger partial charge in [-0.05, 0) is 169 Å². The molecule has 24 rings (SSSR count). The van der Waals surface area contributed by atoms with Gasteiger partial charge in [0.05, 0.1) is 54.6 Å². The first-order valence-electron chi connectivity index (χ1n) is 38.0. The highest BCUT2D eigenvalue weighted by Gasteiger charge is 2.32. The zero-order valence-corrected chi connectivity index (χ0v) is 64.5. The second kappa shape index (κ2) is 35.5. The Bertz CT molecular complexity index is 4780. The number of hydrogen-bond acceptors (Lipinski definition) is 13. The van der Waals surface area contributed by atoms with Gasteiger partial charge in [0.2, 0.25) is 0 Å². The van der Waals surface area contributed by atoms with Crippen molar-refractivity contribution in [1.82, 2.24) is 15.0 Å². The average Bonchev–Trinajstić information content (AvgIpc) is 0.864. The van der Waals surface area contributed by atoms with Gasteiger partial charge in [0, 0.05) is 47.1 Å². The van der Waals surface area contributed by atoms with E-state index in [9.17, 15) is 0 Å². The van der Waals surface area contributed by atoms with Crippen LogP contribution in [0.2, 0.25) is 0 Å². The number of para-hydroxylation sites is 14. The van der Waals surface area contributed by atoms with Crippen LogP contribution in [0.5, 0.6) is 34.5 Å². The largest absolute Gasteiger partial charge is 0.485 e. The summed E-state index contributed by atoms with van der Waals surface area (Å²) in [7, 11) is 0. The van der Waals surface area contributed by atoms with Gasteiger partial charge in [0.25, 0.3) is 0 Å². The Balaban J connectivity index is 0.0000000929. The maximum Gasteiger partial charge on any atom is 0.162 e. The SMILES string of the molecule is C1=CC2Cc3ccccc3OC2C=C1.C1=CC2Cc3ccccc3SC2C=C1.C1=CC2Oc3ccccc3OC2C=C1.C1=CC2Oc3ccccc3SC2C=C1.C1=CC2Sc3ccccc3SC2C=C1.c1ccc2c(c1)Nc1ccccc1O2.c1ccc2nc3ccccc3cc2c1.c1ccc2nc3ccccc3nc2c1. The van der Waals surface area contributed by atoms with Gasteiger partial charge >= 0.3 is 0 Å².